The van der Waals surface area contributed by atoms with Gasteiger partial charge >= 0.3 is 12.1 Å². The Labute approximate surface area is 193 Å². The van der Waals surface area contributed by atoms with Gasteiger partial charge in [-0.3, -0.25) is 9.59 Å². The minimum Gasteiger partial charge on any atom is -0.480 e. The minimum atomic E-state index is -1.14. The standard InChI is InChI=1S/C25H30N2O6/c1-16(2)23(24(30)27(12-13-32-3)14-22(28)29)26-25(31)33-15-21-19-10-6-4-8-17(19)18-9-5-7-11-20(18)21/h4-11,16,21,23H,12-15H2,1-3H3,(H,26,31)(H,28,29)/t23-/m0/s1. The van der Waals surface area contributed by atoms with Gasteiger partial charge < -0.3 is 24.8 Å². The number of hydrogen-bond donors (Lipinski definition) is 2. The van der Waals surface area contributed by atoms with Gasteiger partial charge in [-0.25, -0.2) is 4.79 Å². The van der Waals surface area contributed by atoms with Crippen molar-refractivity contribution in [3.05, 3.63) is 59.7 Å². The fourth-order valence-corrected chi connectivity index (χ4v) is 4.11. The molecule has 2 aromatic rings. The Bertz CT molecular complexity index is 960. The van der Waals surface area contributed by atoms with Crippen molar-refractivity contribution >= 4 is 18.0 Å². The van der Waals surface area contributed by atoms with Crippen LogP contribution in [0.4, 0.5) is 4.79 Å². The fourth-order valence-electron chi connectivity index (χ4n) is 4.11. The van der Waals surface area contributed by atoms with Crippen LogP contribution in [0.25, 0.3) is 11.1 Å². The minimum absolute atomic E-state index is 0.0958. The number of alkyl carbamates (subject to hydrolysis) is 1. The first-order valence-corrected chi connectivity index (χ1v) is 10.9. The Morgan fingerprint density at radius 3 is 2.12 bits per heavy atom. The average molecular weight is 455 g/mol. The highest BCUT2D eigenvalue weighted by Gasteiger charge is 2.32. The van der Waals surface area contributed by atoms with E-state index in [1.165, 1.54) is 12.0 Å². The summed E-state index contributed by atoms with van der Waals surface area (Å²) in [7, 11) is 1.47. The van der Waals surface area contributed by atoms with Gasteiger partial charge in [-0.05, 0) is 28.2 Å². The Morgan fingerprint density at radius 2 is 1.61 bits per heavy atom. The summed E-state index contributed by atoms with van der Waals surface area (Å²) in [4.78, 5) is 38.0. The second kappa shape index (κ2) is 11.0. The number of methoxy groups -OCH3 is 1. The molecule has 1 aliphatic rings. The van der Waals surface area contributed by atoms with Gasteiger partial charge in [0.1, 0.15) is 19.2 Å². The molecule has 0 heterocycles. The number of hydrogen-bond acceptors (Lipinski definition) is 5. The second-order valence-electron chi connectivity index (χ2n) is 8.34. The van der Waals surface area contributed by atoms with Crippen molar-refractivity contribution in [1.29, 1.82) is 0 Å². The molecule has 0 radical (unpaired) electrons. The zero-order chi connectivity index (χ0) is 24.0. The topological polar surface area (TPSA) is 105 Å². The molecule has 3 rings (SSSR count). The highest BCUT2D eigenvalue weighted by molar-refractivity contribution is 5.88. The number of ether oxygens (including phenoxy) is 2. The quantitative estimate of drug-likeness (QED) is 0.572. The predicted octanol–water partition coefficient (Wildman–Crippen LogP) is 3.11. The van der Waals surface area contributed by atoms with E-state index in [9.17, 15) is 14.4 Å². The maximum Gasteiger partial charge on any atom is 0.407 e. The van der Waals surface area contributed by atoms with Gasteiger partial charge in [-0.15, -0.1) is 0 Å². The maximum absolute atomic E-state index is 13.0. The third-order valence-electron chi connectivity index (χ3n) is 5.75. The van der Waals surface area contributed by atoms with E-state index >= 15 is 0 Å². The molecule has 8 heteroatoms. The monoisotopic (exact) mass is 454 g/mol. The molecule has 0 bridgehead atoms. The number of carboxylic acid groups (broad SMARTS) is 1. The van der Waals surface area contributed by atoms with Crippen LogP contribution in [0.2, 0.25) is 0 Å². The van der Waals surface area contributed by atoms with Gasteiger partial charge in [0, 0.05) is 19.6 Å². The molecule has 176 valence electrons. The summed E-state index contributed by atoms with van der Waals surface area (Å²) in [6, 6.07) is 15.1. The van der Waals surface area contributed by atoms with Gasteiger partial charge in [0.2, 0.25) is 5.91 Å². The molecule has 0 saturated heterocycles. The van der Waals surface area contributed by atoms with Crippen LogP contribution in [0.1, 0.15) is 30.9 Å². The number of rotatable bonds is 10. The molecule has 0 fully saturated rings. The third-order valence-corrected chi connectivity index (χ3v) is 5.75. The SMILES string of the molecule is COCCN(CC(=O)O)C(=O)[C@@H](NC(=O)OCC1c2ccccc2-c2ccccc21)C(C)C. The number of nitrogens with one attached hydrogen (secondary N) is 1. The van der Waals surface area contributed by atoms with Gasteiger partial charge in [-0.2, -0.15) is 0 Å². The van der Waals surface area contributed by atoms with Gasteiger partial charge in [0.05, 0.1) is 6.61 Å². The molecular formula is C25H30N2O6. The van der Waals surface area contributed by atoms with Crippen LogP contribution in [0, 0.1) is 5.92 Å². The van der Waals surface area contributed by atoms with Crippen molar-refractivity contribution < 1.29 is 29.0 Å². The Balaban J connectivity index is 1.68. The molecule has 2 amide bonds. The summed E-state index contributed by atoms with van der Waals surface area (Å²) < 4.78 is 10.5. The summed E-state index contributed by atoms with van der Waals surface area (Å²) in [6.07, 6.45) is -0.717. The Hall–Kier alpha value is -3.39. The van der Waals surface area contributed by atoms with E-state index in [1.807, 2.05) is 36.4 Å². The highest BCUT2D eigenvalue weighted by Crippen LogP contribution is 2.44. The smallest absolute Gasteiger partial charge is 0.407 e. The third kappa shape index (κ3) is 5.70. The van der Waals surface area contributed by atoms with Gasteiger partial charge in [0.25, 0.3) is 0 Å². The summed E-state index contributed by atoms with van der Waals surface area (Å²) >= 11 is 0. The summed E-state index contributed by atoms with van der Waals surface area (Å²) in [6.45, 7) is 3.51. The molecule has 1 atom stereocenters. The first-order valence-electron chi connectivity index (χ1n) is 10.9. The second-order valence-corrected chi connectivity index (χ2v) is 8.34. The van der Waals surface area contributed by atoms with Crippen molar-refractivity contribution in [2.24, 2.45) is 5.92 Å². The number of carboxylic acids is 1. The van der Waals surface area contributed by atoms with Crippen LogP contribution in [0.5, 0.6) is 0 Å². The lowest BCUT2D eigenvalue weighted by Gasteiger charge is -2.28. The molecular weight excluding hydrogens is 424 g/mol. The van der Waals surface area contributed by atoms with E-state index in [-0.39, 0.29) is 31.6 Å². The van der Waals surface area contributed by atoms with E-state index in [4.69, 9.17) is 14.6 Å². The lowest BCUT2D eigenvalue weighted by molar-refractivity contribution is -0.146. The Morgan fingerprint density at radius 1 is 1.03 bits per heavy atom. The largest absolute Gasteiger partial charge is 0.480 e. The molecule has 0 unspecified atom stereocenters. The lowest BCUT2D eigenvalue weighted by atomic mass is 9.98. The molecule has 8 nitrogen and oxygen atoms in total. The van der Waals surface area contributed by atoms with E-state index in [0.717, 1.165) is 22.3 Å². The molecule has 0 aliphatic heterocycles. The lowest BCUT2D eigenvalue weighted by Crippen LogP contribution is -2.53. The van der Waals surface area contributed by atoms with Crippen LogP contribution < -0.4 is 5.32 Å². The van der Waals surface area contributed by atoms with Crippen molar-refractivity contribution in [3.8, 4) is 11.1 Å². The maximum atomic E-state index is 13.0. The van der Waals surface area contributed by atoms with Crippen LogP contribution in [-0.4, -0.2) is 67.4 Å². The zero-order valence-electron chi connectivity index (χ0n) is 19.1. The summed E-state index contributed by atoms with van der Waals surface area (Å²) in [5.41, 5.74) is 4.44. The van der Waals surface area contributed by atoms with E-state index in [1.54, 1.807) is 13.8 Å². The van der Waals surface area contributed by atoms with Crippen LogP contribution >= 0.6 is 0 Å². The van der Waals surface area contributed by atoms with Crippen LogP contribution in [0.15, 0.2) is 48.5 Å². The number of carbonyl (C=O) groups excluding carboxylic acids is 2. The number of carbonyl (C=O) groups is 3. The molecule has 0 spiro atoms. The average Bonchev–Trinajstić information content (AvgIpc) is 3.11. The van der Waals surface area contributed by atoms with Crippen LogP contribution in [0.3, 0.4) is 0 Å². The molecule has 1 aliphatic carbocycles. The number of aliphatic carboxylic acids is 1. The number of amides is 2. The molecule has 0 aromatic heterocycles. The number of fused-ring (bicyclic) bond motifs is 3. The first-order chi connectivity index (χ1) is 15.8. The van der Waals surface area contributed by atoms with Crippen molar-refractivity contribution in [2.45, 2.75) is 25.8 Å². The normalized spacial score (nSPS) is 13.2. The van der Waals surface area contributed by atoms with Crippen LogP contribution in [-0.2, 0) is 19.1 Å². The highest BCUT2D eigenvalue weighted by atomic mass is 16.5. The Kier molecular flexibility index (Phi) is 8.06. The van der Waals surface area contributed by atoms with Gasteiger partial charge in [0.15, 0.2) is 0 Å². The zero-order valence-corrected chi connectivity index (χ0v) is 19.1. The van der Waals surface area contributed by atoms with Gasteiger partial charge in [-0.1, -0.05) is 62.4 Å². The molecule has 33 heavy (non-hydrogen) atoms. The van der Waals surface area contributed by atoms with Crippen molar-refractivity contribution in [2.75, 3.05) is 33.4 Å². The molecule has 0 saturated carbocycles. The summed E-state index contributed by atoms with van der Waals surface area (Å²) in [5.74, 6) is -1.99. The van der Waals surface area contributed by atoms with E-state index in [2.05, 4.69) is 17.4 Å². The number of benzene rings is 2. The van der Waals surface area contributed by atoms with E-state index in [0.29, 0.717) is 0 Å². The van der Waals surface area contributed by atoms with Crippen molar-refractivity contribution in [1.82, 2.24) is 10.2 Å². The molecule has 2 aromatic carbocycles. The number of nitrogens with zero attached hydrogens (tertiary/aromatic N) is 1. The first kappa shape index (κ1) is 24.3. The predicted molar refractivity (Wildman–Crippen MR) is 123 cm³/mol. The summed E-state index contributed by atoms with van der Waals surface area (Å²) in [5, 5.41) is 11.8. The fraction of sp³-hybridized carbons (Fsp3) is 0.400. The molecule has 2 N–H and O–H groups in total. The van der Waals surface area contributed by atoms with Crippen molar-refractivity contribution in [3.63, 3.8) is 0 Å². The van der Waals surface area contributed by atoms with E-state index < -0.39 is 30.6 Å².